The minimum atomic E-state index is -0.367. The molecule has 5 heterocycles. The van der Waals surface area contributed by atoms with E-state index in [2.05, 4.69) is 54.2 Å². The molecule has 1 aliphatic rings. The average molecular weight is 566 g/mol. The highest BCUT2D eigenvalue weighted by atomic mass is 16.2. The first-order valence-electron chi connectivity index (χ1n) is 14.2. The van der Waals surface area contributed by atoms with Gasteiger partial charge in [-0.3, -0.25) is 4.79 Å². The number of piperazine rings is 1. The van der Waals surface area contributed by atoms with E-state index >= 15 is 0 Å². The van der Waals surface area contributed by atoms with Gasteiger partial charge in [-0.1, -0.05) is 12.1 Å². The molecule has 1 amide bonds. The van der Waals surface area contributed by atoms with E-state index in [9.17, 15) is 4.79 Å². The van der Waals surface area contributed by atoms with Crippen molar-refractivity contribution >= 4 is 17.2 Å². The van der Waals surface area contributed by atoms with Gasteiger partial charge in [0, 0.05) is 43.5 Å². The van der Waals surface area contributed by atoms with Gasteiger partial charge in [-0.15, -0.1) is 10.2 Å². The van der Waals surface area contributed by atoms with Crippen molar-refractivity contribution in [3.05, 3.63) is 71.9 Å². The largest absolute Gasteiger partial charge is 0.354 e. The molecule has 1 aromatic carbocycles. The molecule has 6 rings (SSSR count). The number of benzene rings is 1. The van der Waals surface area contributed by atoms with E-state index in [1.54, 1.807) is 6.20 Å². The van der Waals surface area contributed by atoms with Gasteiger partial charge in [-0.05, 0) is 75.2 Å². The molecule has 0 bridgehead atoms. The summed E-state index contributed by atoms with van der Waals surface area (Å²) in [6.45, 7) is 13.7. The number of hydrogen-bond donors (Lipinski definition) is 2. The maximum Gasteiger partial charge on any atom is 0.293 e. The Kier molecular flexibility index (Phi) is 7.15. The van der Waals surface area contributed by atoms with Crippen LogP contribution in [0.25, 0.3) is 28.0 Å². The molecule has 5 aromatic rings. The Morgan fingerprint density at radius 3 is 2.55 bits per heavy atom. The van der Waals surface area contributed by atoms with E-state index in [0.29, 0.717) is 0 Å². The van der Waals surface area contributed by atoms with Crippen molar-refractivity contribution in [3.8, 4) is 22.5 Å². The number of nitrogens with zero attached hydrogens (tertiary/aromatic N) is 9. The average Bonchev–Trinajstić information content (AvgIpc) is 3.68. The van der Waals surface area contributed by atoms with E-state index < -0.39 is 0 Å². The highest BCUT2D eigenvalue weighted by Crippen LogP contribution is 2.30. The molecule has 42 heavy (non-hydrogen) atoms. The zero-order valence-electron chi connectivity index (χ0n) is 24.5. The summed E-state index contributed by atoms with van der Waals surface area (Å²) in [5.41, 5.74) is 6.06. The number of carbonyl (C=O) groups is 1. The fourth-order valence-corrected chi connectivity index (χ4v) is 5.13. The molecule has 0 aliphatic carbocycles. The van der Waals surface area contributed by atoms with E-state index in [1.807, 2.05) is 69.7 Å². The lowest BCUT2D eigenvalue weighted by Crippen LogP contribution is -2.43. The molecule has 0 saturated carbocycles. The van der Waals surface area contributed by atoms with Gasteiger partial charge in [0.1, 0.15) is 5.82 Å². The number of anilines is 1. The maximum absolute atomic E-state index is 12.8. The van der Waals surface area contributed by atoms with Crippen molar-refractivity contribution < 1.29 is 4.79 Å². The van der Waals surface area contributed by atoms with E-state index in [1.165, 1.54) is 4.80 Å². The number of rotatable bonds is 6. The Labute approximate surface area is 244 Å². The first-order chi connectivity index (χ1) is 20.2. The molecule has 12 nitrogen and oxygen atoms in total. The number of fused-ring (bicyclic) bond motifs is 1. The third kappa shape index (κ3) is 5.45. The van der Waals surface area contributed by atoms with E-state index in [-0.39, 0.29) is 23.3 Å². The highest BCUT2D eigenvalue weighted by Gasteiger charge is 2.22. The van der Waals surface area contributed by atoms with Crippen molar-refractivity contribution in [2.45, 2.75) is 46.2 Å². The topological polar surface area (TPSA) is 131 Å². The van der Waals surface area contributed by atoms with E-state index in [0.717, 1.165) is 71.2 Å². The van der Waals surface area contributed by atoms with Crippen LogP contribution in [0.2, 0.25) is 0 Å². The monoisotopic (exact) mass is 565 g/mol. The number of tetrazole rings is 1. The number of aryl methyl sites for hydroxylation is 1. The number of carbonyl (C=O) groups excluding carboxylic acids is 1. The van der Waals surface area contributed by atoms with Crippen molar-refractivity contribution in [1.29, 1.82) is 0 Å². The van der Waals surface area contributed by atoms with Crippen molar-refractivity contribution in [2.75, 3.05) is 31.1 Å². The molecule has 1 saturated heterocycles. The Morgan fingerprint density at radius 1 is 1.07 bits per heavy atom. The third-order valence-electron chi connectivity index (χ3n) is 7.45. The van der Waals surface area contributed by atoms with Crippen LogP contribution in [0.1, 0.15) is 55.5 Å². The fourth-order valence-electron chi connectivity index (χ4n) is 5.13. The van der Waals surface area contributed by atoms with Gasteiger partial charge in [0.15, 0.2) is 0 Å². The lowest BCUT2D eigenvalue weighted by molar-refractivity contribution is 0.0928. The Balaban J connectivity index is 1.25. The summed E-state index contributed by atoms with van der Waals surface area (Å²) >= 11 is 0. The van der Waals surface area contributed by atoms with Crippen LogP contribution in [0.15, 0.2) is 55.0 Å². The van der Waals surface area contributed by atoms with Crippen molar-refractivity contribution in [2.24, 2.45) is 0 Å². The second-order valence-electron chi connectivity index (χ2n) is 11.6. The van der Waals surface area contributed by atoms with Crippen LogP contribution in [0, 0.1) is 6.92 Å². The minimum Gasteiger partial charge on any atom is -0.354 e. The molecule has 1 aliphatic heterocycles. The number of pyridine rings is 1. The summed E-state index contributed by atoms with van der Waals surface area (Å²) in [6, 6.07) is 12.0. The zero-order valence-corrected chi connectivity index (χ0v) is 24.5. The minimum absolute atomic E-state index is 0.0469. The molecule has 4 aromatic heterocycles. The molecule has 1 atom stereocenters. The lowest BCUT2D eigenvalue weighted by Gasteiger charge is -2.28. The van der Waals surface area contributed by atoms with Crippen LogP contribution < -0.4 is 15.5 Å². The summed E-state index contributed by atoms with van der Waals surface area (Å²) in [4.78, 5) is 26.4. The molecule has 0 radical (unpaired) electrons. The first-order valence-corrected chi connectivity index (χ1v) is 14.2. The van der Waals surface area contributed by atoms with E-state index in [4.69, 9.17) is 9.97 Å². The highest BCUT2D eigenvalue weighted by molar-refractivity contribution is 5.90. The van der Waals surface area contributed by atoms with Crippen molar-refractivity contribution in [1.82, 2.24) is 50.4 Å². The maximum atomic E-state index is 12.8. The van der Waals surface area contributed by atoms with Gasteiger partial charge in [0.25, 0.3) is 11.7 Å². The summed E-state index contributed by atoms with van der Waals surface area (Å²) < 4.78 is 1.85. The van der Waals surface area contributed by atoms with Crippen LogP contribution in [-0.2, 0) is 5.54 Å². The number of amides is 1. The summed E-state index contributed by atoms with van der Waals surface area (Å²) in [5, 5.41) is 23.1. The summed E-state index contributed by atoms with van der Waals surface area (Å²) in [6.07, 6.45) is 5.59. The predicted molar refractivity (Wildman–Crippen MR) is 160 cm³/mol. The first kappa shape index (κ1) is 27.5. The van der Waals surface area contributed by atoms with Gasteiger partial charge in [0.2, 0.25) is 0 Å². The normalized spacial score (nSPS) is 14.7. The van der Waals surface area contributed by atoms with Crippen LogP contribution in [0.4, 0.5) is 5.82 Å². The number of aromatic nitrogens is 8. The Hall–Kier alpha value is -4.71. The molecular weight excluding hydrogens is 530 g/mol. The Morgan fingerprint density at radius 2 is 1.86 bits per heavy atom. The molecule has 0 unspecified atom stereocenters. The smallest absolute Gasteiger partial charge is 0.293 e. The zero-order chi connectivity index (χ0) is 29.4. The molecule has 216 valence electrons. The SMILES string of the molecule is Cc1cc(-c2nc(-c3ccc(N4CCNCC4)nc3)cn3nccc23)ccc1[C@@H](C)NC(=O)c1nnn(C(C)(C)C)n1. The van der Waals surface area contributed by atoms with Gasteiger partial charge in [-0.25, -0.2) is 14.5 Å². The van der Waals surface area contributed by atoms with Crippen LogP contribution in [0.5, 0.6) is 0 Å². The second kappa shape index (κ2) is 10.9. The third-order valence-corrected chi connectivity index (χ3v) is 7.45. The number of hydrogen-bond acceptors (Lipinski definition) is 9. The second-order valence-corrected chi connectivity index (χ2v) is 11.6. The predicted octanol–water partition coefficient (Wildman–Crippen LogP) is 3.41. The molecule has 2 N–H and O–H groups in total. The Bertz CT molecular complexity index is 1730. The lowest BCUT2D eigenvalue weighted by atomic mass is 9.98. The summed E-state index contributed by atoms with van der Waals surface area (Å²) in [7, 11) is 0. The van der Waals surface area contributed by atoms with Crippen LogP contribution in [0.3, 0.4) is 0 Å². The van der Waals surface area contributed by atoms with Gasteiger partial charge in [-0.2, -0.15) is 9.90 Å². The summed E-state index contributed by atoms with van der Waals surface area (Å²) in [5.74, 6) is 0.654. The van der Waals surface area contributed by atoms with Crippen LogP contribution >= 0.6 is 0 Å². The van der Waals surface area contributed by atoms with Gasteiger partial charge < -0.3 is 15.5 Å². The molecule has 12 heteroatoms. The number of nitrogens with one attached hydrogen (secondary N) is 2. The molecular formula is C30H35N11O. The van der Waals surface area contributed by atoms with Crippen LogP contribution in [-0.4, -0.2) is 71.9 Å². The van der Waals surface area contributed by atoms with Crippen molar-refractivity contribution in [3.63, 3.8) is 0 Å². The van der Waals surface area contributed by atoms with Gasteiger partial charge in [0.05, 0.1) is 40.9 Å². The van der Waals surface area contributed by atoms with Gasteiger partial charge >= 0.3 is 0 Å². The standard InChI is InChI=1S/C30H35N11O/c1-19-16-21(6-8-23(19)20(2)34-29(42)28-36-38-41(37-28)30(3,4)5)27-25-10-11-33-40(25)18-24(35-27)22-7-9-26(32-17-22)39-14-12-31-13-15-39/h6-11,16-18,20,31H,12-15H2,1-5H3,(H,34,42)/t20-/m1/s1. The molecule has 0 spiro atoms. The molecule has 1 fully saturated rings. The fraction of sp³-hybridized carbons (Fsp3) is 0.367. The quantitative estimate of drug-likeness (QED) is 0.318.